The van der Waals surface area contributed by atoms with Gasteiger partial charge in [0.15, 0.2) is 6.61 Å². The first-order valence-electron chi connectivity index (χ1n) is 7.90. The van der Waals surface area contributed by atoms with Gasteiger partial charge in [0.1, 0.15) is 5.75 Å². The summed E-state index contributed by atoms with van der Waals surface area (Å²) in [6.45, 7) is 9.09. The maximum atomic E-state index is 11.8. The second kappa shape index (κ2) is 7.32. The SMILES string of the molecule is Cc1ccc(CNC(=O)COc2ccc(C(C)(C)C)cc2)cc1. The minimum absolute atomic E-state index is 0.0285. The molecule has 0 aliphatic rings. The van der Waals surface area contributed by atoms with Gasteiger partial charge in [-0.2, -0.15) is 0 Å². The van der Waals surface area contributed by atoms with E-state index in [4.69, 9.17) is 4.74 Å². The third-order valence-corrected chi connectivity index (χ3v) is 3.70. The van der Waals surface area contributed by atoms with Gasteiger partial charge in [-0.1, -0.05) is 62.7 Å². The fourth-order valence-corrected chi connectivity index (χ4v) is 2.16. The van der Waals surface area contributed by atoms with Gasteiger partial charge in [0.2, 0.25) is 0 Å². The Morgan fingerprint density at radius 3 is 2.17 bits per heavy atom. The molecule has 0 atom stereocenters. The van der Waals surface area contributed by atoms with E-state index in [1.54, 1.807) is 0 Å². The Kier molecular flexibility index (Phi) is 5.43. The molecule has 0 fully saturated rings. The molecule has 0 heterocycles. The molecule has 0 aliphatic carbocycles. The molecule has 0 spiro atoms. The quantitative estimate of drug-likeness (QED) is 0.907. The van der Waals surface area contributed by atoms with Crippen LogP contribution in [0.2, 0.25) is 0 Å². The largest absolute Gasteiger partial charge is 0.484 e. The summed E-state index contributed by atoms with van der Waals surface area (Å²) in [4.78, 5) is 11.8. The Morgan fingerprint density at radius 1 is 1.00 bits per heavy atom. The van der Waals surface area contributed by atoms with Gasteiger partial charge in [-0.15, -0.1) is 0 Å². The molecule has 3 nitrogen and oxygen atoms in total. The fraction of sp³-hybridized carbons (Fsp3) is 0.350. The molecule has 0 aromatic heterocycles. The van der Waals surface area contributed by atoms with Gasteiger partial charge in [0.25, 0.3) is 5.91 Å². The molecule has 0 radical (unpaired) electrons. The third kappa shape index (κ3) is 5.44. The number of rotatable bonds is 5. The summed E-state index contributed by atoms with van der Waals surface area (Å²) < 4.78 is 5.53. The lowest BCUT2D eigenvalue weighted by molar-refractivity contribution is -0.123. The molecule has 2 aromatic rings. The Bertz CT molecular complexity index is 637. The van der Waals surface area contributed by atoms with Crippen molar-refractivity contribution >= 4 is 5.91 Å². The number of aryl methyl sites for hydroxylation is 1. The number of nitrogens with one attached hydrogen (secondary N) is 1. The second-order valence-electron chi connectivity index (χ2n) is 6.83. The van der Waals surface area contributed by atoms with Crippen LogP contribution in [-0.4, -0.2) is 12.5 Å². The van der Waals surface area contributed by atoms with Gasteiger partial charge in [-0.3, -0.25) is 4.79 Å². The standard InChI is InChI=1S/C20H25NO2/c1-15-5-7-16(8-6-15)13-21-19(22)14-23-18-11-9-17(10-12-18)20(2,3)4/h5-12H,13-14H2,1-4H3,(H,21,22). The highest BCUT2D eigenvalue weighted by atomic mass is 16.5. The van der Waals surface area contributed by atoms with E-state index in [0.29, 0.717) is 12.3 Å². The number of hydrogen-bond donors (Lipinski definition) is 1. The van der Waals surface area contributed by atoms with Crippen LogP contribution in [0, 0.1) is 6.92 Å². The predicted molar refractivity (Wildman–Crippen MR) is 93.7 cm³/mol. The second-order valence-corrected chi connectivity index (χ2v) is 6.83. The summed E-state index contributed by atoms with van der Waals surface area (Å²) in [5, 5.41) is 2.86. The fourth-order valence-electron chi connectivity index (χ4n) is 2.16. The summed E-state index contributed by atoms with van der Waals surface area (Å²) in [5.41, 5.74) is 3.65. The van der Waals surface area contributed by atoms with Crippen molar-refractivity contribution in [3.63, 3.8) is 0 Å². The molecule has 3 heteroatoms. The molecular weight excluding hydrogens is 286 g/mol. The van der Waals surface area contributed by atoms with Crippen molar-refractivity contribution in [3.8, 4) is 5.75 Å². The van der Waals surface area contributed by atoms with Gasteiger partial charge in [0.05, 0.1) is 0 Å². The van der Waals surface area contributed by atoms with E-state index in [-0.39, 0.29) is 17.9 Å². The highest BCUT2D eigenvalue weighted by molar-refractivity contribution is 5.77. The number of benzene rings is 2. The van der Waals surface area contributed by atoms with E-state index in [9.17, 15) is 4.79 Å². The van der Waals surface area contributed by atoms with Crippen LogP contribution in [0.1, 0.15) is 37.5 Å². The minimum Gasteiger partial charge on any atom is -0.484 e. The van der Waals surface area contributed by atoms with E-state index in [0.717, 1.165) is 5.56 Å². The molecule has 23 heavy (non-hydrogen) atoms. The topological polar surface area (TPSA) is 38.3 Å². The van der Waals surface area contributed by atoms with Crippen molar-refractivity contribution < 1.29 is 9.53 Å². The Balaban J connectivity index is 1.79. The highest BCUT2D eigenvalue weighted by Gasteiger charge is 2.13. The molecule has 0 aliphatic heterocycles. The molecule has 0 saturated heterocycles. The van der Waals surface area contributed by atoms with Gasteiger partial charge < -0.3 is 10.1 Å². The molecule has 122 valence electrons. The van der Waals surface area contributed by atoms with Crippen LogP contribution >= 0.6 is 0 Å². The zero-order valence-corrected chi connectivity index (χ0v) is 14.3. The molecule has 2 aromatic carbocycles. The number of hydrogen-bond acceptors (Lipinski definition) is 2. The molecule has 1 amide bonds. The van der Waals surface area contributed by atoms with Crippen molar-refractivity contribution in [1.82, 2.24) is 5.32 Å². The summed E-state index contributed by atoms with van der Waals surface area (Å²) in [6.07, 6.45) is 0. The van der Waals surface area contributed by atoms with E-state index in [1.807, 2.05) is 55.5 Å². The number of carbonyl (C=O) groups excluding carboxylic acids is 1. The average Bonchev–Trinajstić information content (AvgIpc) is 2.52. The Morgan fingerprint density at radius 2 is 1.61 bits per heavy atom. The van der Waals surface area contributed by atoms with Crippen LogP contribution in [-0.2, 0) is 16.8 Å². The molecule has 0 saturated carbocycles. The number of ether oxygens (including phenoxy) is 1. The lowest BCUT2D eigenvalue weighted by Gasteiger charge is -2.19. The van der Waals surface area contributed by atoms with Gasteiger partial charge in [-0.05, 0) is 35.6 Å². The first kappa shape index (κ1) is 17.1. The first-order chi connectivity index (χ1) is 10.8. The first-order valence-corrected chi connectivity index (χ1v) is 7.90. The van der Waals surface area contributed by atoms with E-state index < -0.39 is 0 Å². The molecule has 1 N–H and O–H groups in total. The monoisotopic (exact) mass is 311 g/mol. The van der Waals surface area contributed by atoms with Crippen molar-refractivity contribution in [2.24, 2.45) is 0 Å². The molecule has 0 unspecified atom stereocenters. The van der Waals surface area contributed by atoms with E-state index >= 15 is 0 Å². The summed E-state index contributed by atoms with van der Waals surface area (Å²) >= 11 is 0. The average molecular weight is 311 g/mol. The van der Waals surface area contributed by atoms with Crippen molar-refractivity contribution in [2.45, 2.75) is 39.7 Å². The Hall–Kier alpha value is -2.29. The Labute approximate surface area is 138 Å². The van der Waals surface area contributed by atoms with Crippen LogP contribution in [0.25, 0.3) is 0 Å². The summed E-state index contributed by atoms with van der Waals surface area (Å²) in [6, 6.07) is 16.0. The smallest absolute Gasteiger partial charge is 0.258 e. The van der Waals surface area contributed by atoms with Crippen LogP contribution in [0.5, 0.6) is 5.75 Å². The minimum atomic E-state index is -0.120. The van der Waals surface area contributed by atoms with Gasteiger partial charge in [0, 0.05) is 6.54 Å². The predicted octanol–water partition coefficient (Wildman–Crippen LogP) is 3.99. The molecule has 2 rings (SSSR count). The molecular formula is C20H25NO2. The zero-order valence-electron chi connectivity index (χ0n) is 14.3. The van der Waals surface area contributed by atoms with Gasteiger partial charge in [-0.25, -0.2) is 0 Å². The van der Waals surface area contributed by atoms with Crippen molar-refractivity contribution in [2.75, 3.05) is 6.61 Å². The summed E-state index contributed by atoms with van der Waals surface area (Å²) in [5.74, 6) is 0.592. The van der Waals surface area contributed by atoms with E-state index in [1.165, 1.54) is 11.1 Å². The maximum Gasteiger partial charge on any atom is 0.258 e. The van der Waals surface area contributed by atoms with E-state index in [2.05, 4.69) is 26.1 Å². The lowest BCUT2D eigenvalue weighted by atomic mass is 9.87. The number of amides is 1. The van der Waals surface area contributed by atoms with Crippen molar-refractivity contribution in [3.05, 3.63) is 65.2 Å². The van der Waals surface area contributed by atoms with Crippen LogP contribution in [0.3, 0.4) is 0 Å². The molecule has 0 bridgehead atoms. The summed E-state index contributed by atoms with van der Waals surface area (Å²) in [7, 11) is 0. The number of carbonyl (C=O) groups is 1. The van der Waals surface area contributed by atoms with Gasteiger partial charge >= 0.3 is 0 Å². The lowest BCUT2D eigenvalue weighted by Crippen LogP contribution is -2.28. The van der Waals surface area contributed by atoms with Crippen LogP contribution in [0.4, 0.5) is 0 Å². The third-order valence-electron chi connectivity index (χ3n) is 3.70. The zero-order chi connectivity index (χ0) is 16.9. The van der Waals surface area contributed by atoms with Crippen LogP contribution in [0.15, 0.2) is 48.5 Å². The van der Waals surface area contributed by atoms with Crippen LogP contribution < -0.4 is 10.1 Å². The highest BCUT2D eigenvalue weighted by Crippen LogP contribution is 2.24. The van der Waals surface area contributed by atoms with Crippen molar-refractivity contribution in [1.29, 1.82) is 0 Å². The normalized spacial score (nSPS) is 11.1. The maximum absolute atomic E-state index is 11.8.